The smallest absolute Gasteiger partial charge is 0.260 e. The Morgan fingerprint density at radius 2 is 2.24 bits per heavy atom. The van der Waals surface area contributed by atoms with Gasteiger partial charge in [-0.25, -0.2) is 9.37 Å². The molecular formula is C15H13FN2O2S. The largest absolute Gasteiger partial charge is 0.384 e. The van der Waals surface area contributed by atoms with Crippen molar-refractivity contribution in [1.82, 2.24) is 4.98 Å². The number of aliphatic hydroxyl groups is 1. The van der Waals surface area contributed by atoms with Crippen LogP contribution in [0.5, 0.6) is 0 Å². The number of amides is 1. The molecule has 0 fully saturated rings. The Morgan fingerprint density at radius 3 is 2.86 bits per heavy atom. The monoisotopic (exact) mass is 304 g/mol. The first-order valence-electron chi connectivity index (χ1n) is 6.16. The summed E-state index contributed by atoms with van der Waals surface area (Å²) in [6, 6.07) is 3.97. The first-order chi connectivity index (χ1) is 10.0. The molecule has 0 aliphatic heterocycles. The predicted octanol–water partition coefficient (Wildman–Crippen LogP) is 2.50. The summed E-state index contributed by atoms with van der Waals surface area (Å²) in [5.41, 5.74) is 1.19. The van der Waals surface area contributed by atoms with Gasteiger partial charge in [-0.15, -0.1) is 11.3 Å². The Labute approximate surface area is 125 Å². The van der Waals surface area contributed by atoms with Crippen LogP contribution in [-0.2, 0) is 0 Å². The summed E-state index contributed by atoms with van der Waals surface area (Å²) >= 11 is 1.33. The van der Waals surface area contributed by atoms with Crippen LogP contribution in [0.3, 0.4) is 0 Å². The van der Waals surface area contributed by atoms with Crippen LogP contribution in [0, 0.1) is 31.5 Å². The Balaban J connectivity index is 2.25. The van der Waals surface area contributed by atoms with Crippen molar-refractivity contribution in [3.63, 3.8) is 0 Å². The quantitative estimate of drug-likeness (QED) is 0.838. The molecule has 0 aliphatic rings. The van der Waals surface area contributed by atoms with E-state index in [9.17, 15) is 9.18 Å². The number of benzene rings is 1. The van der Waals surface area contributed by atoms with Gasteiger partial charge in [-0.3, -0.25) is 10.1 Å². The molecule has 0 spiro atoms. The van der Waals surface area contributed by atoms with Crippen LogP contribution < -0.4 is 5.32 Å². The van der Waals surface area contributed by atoms with E-state index in [2.05, 4.69) is 22.1 Å². The summed E-state index contributed by atoms with van der Waals surface area (Å²) in [6.45, 7) is 3.44. The molecular weight excluding hydrogens is 291 g/mol. The van der Waals surface area contributed by atoms with Crippen LogP contribution >= 0.6 is 11.3 Å². The van der Waals surface area contributed by atoms with Crippen molar-refractivity contribution in [2.45, 2.75) is 13.8 Å². The number of halogens is 1. The number of thiazole rings is 1. The first-order valence-corrected chi connectivity index (χ1v) is 6.97. The first kappa shape index (κ1) is 15.2. The average Bonchev–Trinajstić information content (AvgIpc) is 2.76. The van der Waals surface area contributed by atoms with Gasteiger partial charge in [0.2, 0.25) is 0 Å². The highest BCUT2D eigenvalue weighted by molar-refractivity contribution is 7.15. The summed E-state index contributed by atoms with van der Waals surface area (Å²) < 4.78 is 13.8. The van der Waals surface area contributed by atoms with Crippen LogP contribution in [0.2, 0.25) is 0 Å². The fraction of sp³-hybridized carbons (Fsp3) is 0.200. The van der Waals surface area contributed by atoms with Gasteiger partial charge in [-0.05, 0) is 32.0 Å². The lowest BCUT2D eigenvalue weighted by molar-refractivity contribution is 0.102. The van der Waals surface area contributed by atoms with E-state index in [1.807, 2.05) is 13.8 Å². The fourth-order valence-electron chi connectivity index (χ4n) is 1.61. The number of rotatable bonds is 2. The molecule has 2 N–H and O–H groups in total. The molecule has 0 aliphatic carbocycles. The number of nitrogens with zero attached hydrogens (tertiary/aromatic N) is 1. The summed E-state index contributed by atoms with van der Waals surface area (Å²) in [6.07, 6.45) is 0. The Bertz CT molecular complexity index is 724. The van der Waals surface area contributed by atoms with Crippen molar-refractivity contribution < 1.29 is 14.3 Å². The van der Waals surface area contributed by atoms with E-state index in [4.69, 9.17) is 5.11 Å². The number of aromatic nitrogens is 1. The van der Waals surface area contributed by atoms with Gasteiger partial charge in [0, 0.05) is 10.4 Å². The van der Waals surface area contributed by atoms with Crippen LogP contribution in [0.25, 0.3) is 0 Å². The highest BCUT2D eigenvalue weighted by Gasteiger charge is 2.14. The normalized spacial score (nSPS) is 9.90. The second kappa shape index (κ2) is 6.48. The van der Waals surface area contributed by atoms with Crippen LogP contribution in [0.4, 0.5) is 9.52 Å². The second-order valence-electron chi connectivity index (χ2n) is 4.27. The minimum absolute atomic E-state index is 0.106. The predicted molar refractivity (Wildman–Crippen MR) is 79.9 cm³/mol. The van der Waals surface area contributed by atoms with Crippen LogP contribution in [0.1, 0.15) is 26.5 Å². The molecule has 1 aromatic carbocycles. The standard InChI is InChI=1S/C15H13FN2O2S/c1-9-10(2)21-15(17-9)18-14(20)12-8-11(4-3-7-19)5-6-13(12)16/h5-6,8,19H,7H2,1-2H3,(H,17,18,20). The minimum Gasteiger partial charge on any atom is -0.384 e. The van der Waals surface area contributed by atoms with Gasteiger partial charge in [-0.2, -0.15) is 0 Å². The lowest BCUT2D eigenvalue weighted by Crippen LogP contribution is -2.13. The minimum atomic E-state index is -0.632. The number of aryl methyl sites for hydroxylation is 2. The Morgan fingerprint density at radius 1 is 1.48 bits per heavy atom. The molecule has 0 bridgehead atoms. The maximum atomic E-state index is 13.8. The Kier molecular flexibility index (Phi) is 4.68. The van der Waals surface area contributed by atoms with Crippen molar-refractivity contribution >= 4 is 22.4 Å². The van der Waals surface area contributed by atoms with E-state index < -0.39 is 11.7 Å². The third-order valence-corrected chi connectivity index (χ3v) is 3.76. The zero-order valence-corrected chi connectivity index (χ0v) is 12.3. The van der Waals surface area contributed by atoms with Crippen molar-refractivity contribution in [2.24, 2.45) is 0 Å². The van der Waals surface area contributed by atoms with Crippen molar-refractivity contribution in [3.8, 4) is 11.8 Å². The van der Waals surface area contributed by atoms with Crippen LogP contribution in [-0.4, -0.2) is 22.6 Å². The molecule has 2 rings (SSSR count). The topological polar surface area (TPSA) is 62.2 Å². The van der Waals surface area contributed by atoms with Gasteiger partial charge in [0.05, 0.1) is 11.3 Å². The van der Waals surface area contributed by atoms with E-state index in [1.54, 1.807) is 0 Å². The zero-order valence-electron chi connectivity index (χ0n) is 11.5. The molecule has 6 heteroatoms. The number of carbonyl (C=O) groups is 1. The number of nitrogens with one attached hydrogen (secondary N) is 1. The molecule has 21 heavy (non-hydrogen) atoms. The number of anilines is 1. The van der Waals surface area contributed by atoms with E-state index in [1.165, 1.54) is 29.5 Å². The van der Waals surface area contributed by atoms with Gasteiger partial charge in [0.25, 0.3) is 5.91 Å². The van der Waals surface area contributed by atoms with Crippen molar-refractivity contribution in [1.29, 1.82) is 0 Å². The van der Waals surface area contributed by atoms with E-state index in [0.29, 0.717) is 10.7 Å². The van der Waals surface area contributed by atoms with Gasteiger partial charge >= 0.3 is 0 Å². The fourth-order valence-corrected chi connectivity index (χ4v) is 2.42. The molecule has 0 saturated heterocycles. The molecule has 2 aromatic rings. The molecule has 0 atom stereocenters. The molecule has 0 saturated carbocycles. The van der Waals surface area contributed by atoms with Gasteiger partial charge < -0.3 is 5.11 Å². The SMILES string of the molecule is Cc1nc(NC(=O)c2cc(C#CCO)ccc2F)sc1C. The summed E-state index contributed by atoms with van der Waals surface area (Å²) in [5.74, 6) is 3.88. The molecule has 4 nitrogen and oxygen atoms in total. The number of carbonyl (C=O) groups excluding carboxylic acids is 1. The zero-order chi connectivity index (χ0) is 15.4. The molecule has 1 heterocycles. The number of aliphatic hydroxyl groups excluding tert-OH is 1. The molecule has 0 unspecified atom stereocenters. The van der Waals surface area contributed by atoms with E-state index in [0.717, 1.165) is 10.6 Å². The highest BCUT2D eigenvalue weighted by atomic mass is 32.1. The number of hydrogen-bond acceptors (Lipinski definition) is 4. The highest BCUT2D eigenvalue weighted by Crippen LogP contribution is 2.22. The molecule has 1 amide bonds. The molecule has 0 radical (unpaired) electrons. The third kappa shape index (κ3) is 3.66. The summed E-state index contributed by atoms with van der Waals surface area (Å²) in [5, 5.41) is 11.7. The van der Waals surface area contributed by atoms with E-state index >= 15 is 0 Å². The average molecular weight is 304 g/mol. The number of hydrogen-bond donors (Lipinski definition) is 2. The summed E-state index contributed by atoms with van der Waals surface area (Å²) in [4.78, 5) is 17.3. The lowest BCUT2D eigenvalue weighted by Gasteiger charge is -2.03. The van der Waals surface area contributed by atoms with Crippen LogP contribution in [0.15, 0.2) is 18.2 Å². The third-order valence-electron chi connectivity index (χ3n) is 2.77. The van der Waals surface area contributed by atoms with Gasteiger partial charge in [0.15, 0.2) is 5.13 Å². The maximum Gasteiger partial charge on any atom is 0.260 e. The van der Waals surface area contributed by atoms with Gasteiger partial charge in [0.1, 0.15) is 12.4 Å². The van der Waals surface area contributed by atoms with E-state index in [-0.39, 0.29) is 12.2 Å². The van der Waals surface area contributed by atoms with Gasteiger partial charge in [-0.1, -0.05) is 11.8 Å². The van der Waals surface area contributed by atoms with Crippen molar-refractivity contribution in [3.05, 3.63) is 45.7 Å². The lowest BCUT2D eigenvalue weighted by atomic mass is 10.1. The molecule has 1 aromatic heterocycles. The second-order valence-corrected chi connectivity index (χ2v) is 5.47. The summed E-state index contributed by atoms with van der Waals surface area (Å²) in [7, 11) is 0. The molecule has 108 valence electrons. The Hall–Kier alpha value is -2.23. The van der Waals surface area contributed by atoms with Crippen molar-refractivity contribution in [2.75, 3.05) is 11.9 Å². The maximum absolute atomic E-state index is 13.8.